The molecule has 1 aromatic heterocycles. The quantitative estimate of drug-likeness (QED) is 0.744. The summed E-state index contributed by atoms with van der Waals surface area (Å²) in [6, 6.07) is 13.9. The van der Waals surface area contributed by atoms with E-state index in [0.29, 0.717) is 0 Å². The minimum atomic E-state index is -0.0812. The standard InChI is InChI=1S/C17H15N3OS/c1-11(21)19-14-5-3-12(4-6-14)17-16-8-7-15(22-2)9-13(16)10-18-20-17/h3-10H,1-2H3,(H,19,21). The molecule has 1 amide bonds. The number of hydrogen-bond donors (Lipinski definition) is 1. The van der Waals surface area contributed by atoms with Crippen molar-refractivity contribution in [1.29, 1.82) is 0 Å². The van der Waals surface area contributed by atoms with Gasteiger partial charge in [-0.15, -0.1) is 16.9 Å². The number of benzene rings is 2. The van der Waals surface area contributed by atoms with E-state index in [-0.39, 0.29) is 5.91 Å². The molecule has 0 aliphatic heterocycles. The van der Waals surface area contributed by atoms with Crippen molar-refractivity contribution in [2.45, 2.75) is 11.8 Å². The van der Waals surface area contributed by atoms with Crippen LogP contribution in [0, 0.1) is 0 Å². The van der Waals surface area contributed by atoms with E-state index in [2.05, 4.69) is 40.0 Å². The van der Waals surface area contributed by atoms with Gasteiger partial charge >= 0.3 is 0 Å². The van der Waals surface area contributed by atoms with Gasteiger partial charge in [-0.1, -0.05) is 18.2 Å². The Hall–Kier alpha value is -2.40. The largest absolute Gasteiger partial charge is 0.326 e. The van der Waals surface area contributed by atoms with Crippen LogP contribution in [0.15, 0.2) is 53.6 Å². The minimum absolute atomic E-state index is 0.0812. The van der Waals surface area contributed by atoms with Crippen molar-refractivity contribution in [3.8, 4) is 11.3 Å². The Morgan fingerprint density at radius 1 is 1.14 bits per heavy atom. The molecule has 110 valence electrons. The van der Waals surface area contributed by atoms with Crippen molar-refractivity contribution in [2.75, 3.05) is 11.6 Å². The van der Waals surface area contributed by atoms with Gasteiger partial charge in [0.15, 0.2) is 0 Å². The monoisotopic (exact) mass is 309 g/mol. The van der Waals surface area contributed by atoms with E-state index in [9.17, 15) is 4.79 Å². The van der Waals surface area contributed by atoms with Gasteiger partial charge in [-0.3, -0.25) is 4.79 Å². The van der Waals surface area contributed by atoms with E-state index in [1.54, 1.807) is 18.0 Å². The van der Waals surface area contributed by atoms with Gasteiger partial charge in [-0.05, 0) is 30.5 Å². The Kier molecular flexibility index (Phi) is 4.06. The second kappa shape index (κ2) is 6.15. The average molecular weight is 309 g/mol. The molecule has 0 saturated heterocycles. The van der Waals surface area contributed by atoms with Crippen molar-refractivity contribution in [3.05, 3.63) is 48.7 Å². The van der Waals surface area contributed by atoms with E-state index in [4.69, 9.17) is 0 Å². The highest BCUT2D eigenvalue weighted by Crippen LogP contribution is 2.29. The second-order valence-electron chi connectivity index (χ2n) is 4.90. The molecule has 0 radical (unpaired) electrons. The van der Waals surface area contributed by atoms with Crippen molar-refractivity contribution < 1.29 is 4.79 Å². The fourth-order valence-corrected chi connectivity index (χ4v) is 2.77. The summed E-state index contributed by atoms with van der Waals surface area (Å²) < 4.78 is 0. The third-order valence-corrected chi connectivity index (χ3v) is 4.07. The number of rotatable bonds is 3. The van der Waals surface area contributed by atoms with Gasteiger partial charge in [0.1, 0.15) is 5.69 Å². The van der Waals surface area contributed by atoms with E-state index in [0.717, 1.165) is 27.7 Å². The van der Waals surface area contributed by atoms with E-state index >= 15 is 0 Å². The van der Waals surface area contributed by atoms with Crippen molar-refractivity contribution in [1.82, 2.24) is 10.2 Å². The van der Waals surface area contributed by atoms with Gasteiger partial charge in [-0.25, -0.2) is 0 Å². The smallest absolute Gasteiger partial charge is 0.221 e. The third-order valence-electron chi connectivity index (χ3n) is 3.35. The van der Waals surface area contributed by atoms with Gasteiger partial charge in [-0.2, -0.15) is 5.10 Å². The first-order valence-corrected chi connectivity index (χ1v) is 8.07. The summed E-state index contributed by atoms with van der Waals surface area (Å²) >= 11 is 1.70. The van der Waals surface area contributed by atoms with Gasteiger partial charge < -0.3 is 5.32 Å². The van der Waals surface area contributed by atoms with Crippen LogP contribution in [0.4, 0.5) is 5.69 Å². The summed E-state index contributed by atoms with van der Waals surface area (Å²) in [7, 11) is 0. The van der Waals surface area contributed by atoms with Gasteiger partial charge in [0.25, 0.3) is 0 Å². The third kappa shape index (κ3) is 2.94. The molecule has 0 aliphatic carbocycles. The number of aromatic nitrogens is 2. The number of nitrogens with zero attached hydrogens (tertiary/aromatic N) is 2. The zero-order valence-corrected chi connectivity index (χ0v) is 13.1. The molecule has 2 aromatic carbocycles. The fraction of sp³-hybridized carbons (Fsp3) is 0.118. The van der Waals surface area contributed by atoms with E-state index < -0.39 is 0 Å². The predicted molar refractivity (Wildman–Crippen MR) is 91.1 cm³/mol. The van der Waals surface area contributed by atoms with Crippen LogP contribution >= 0.6 is 11.8 Å². The Balaban J connectivity index is 2.04. The first kappa shape index (κ1) is 14.5. The van der Waals surface area contributed by atoms with Crippen LogP contribution < -0.4 is 5.32 Å². The lowest BCUT2D eigenvalue weighted by Gasteiger charge is -2.07. The van der Waals surface area contributed by atoms with Crippen LogP contribution in [0.5, 0.6) is 0 Å². The lowest BCUT2D eigenvalue weighted by molar-refractivity contribution is -0.114. The summed E-state index contributed by atoms with van der Waals surface area (Å²) in [6.45, 7) is 1.49. The highest BCUT2D eigenvalue weighted by molar-refractivity contribution is 7.98. The summed E-state index contributed by atoms with van der Waals surface area (Å²) in [6.07, 6.45) is 3.83. The molecule has 1 N–H and O–H groups in total. The molecule has 0 aliphatic rings. The minimum Gasteiger partial charge on any atom is -0.326 e. The molecule has 3 aromatic rings. The topological polar surface area (TPSA) is 54.9 Å². The molecule has 0 atom stereocenters. The van der Waals surface area contributed by atoms with Crippen LogP contribution in [0.1, 0.15) is 6.92 Å². The summed E-state index contributed by atoms with van der Waals surface area (Å²) in [4.78, 5) is 12.3. The first-order valence-electron chi connectivity index (χ1n) is 6.85. The van der Waals surface area contributed by atoms with Crippen molar-refractivity contribution in [2.24, 2.45) is 0 Å². The Bertz CT molecular complexity index is 831. The van der Waals surface area contributed by atoms with Crippen LogP contribution in [0.2, 0.25) is 0 Å². The fourth-order valence-electron chi connectivity index (χ4n) is 2.32. The Labute approximate surface area is 133 Å². The van der Waals surface area contributed by atoms with Crippen LogP contribution in [0.3, 0.4) is 0 Å². The molecular formula is C17H15N3OS. The SMILES string of the molecule is CSc1ccc2c(-c3ccc(NC(C)=O)cc3)nncc2c1. The molecule has 1 heterocycles. The zero-order valence-electron chi connectivity index (χ0n) is 12.3. The van der Waals surface area contributed by atoms with Crippen LogP contribution in [0.25, 0.3) is 22.0 Å². The molecule has 3 rings (SSSR count). The van der Waals surface area contributed by atoms with Gasteiger partial charge in [0, 0.05) is 33.8 Å². The number of carbonyl (C=O) groups excluding carboxylic acids is 1. The number of anilines is 1. The molecule has 0 saturated carbocycles. The Morgan fingerprint density at radius 3 is 2.59 bits per heavy atom. The summed E-state index contributed by atoms with van der Waals surface area (Å²) in [5.41, 5.74) is 2.60. The maximum Gasteiger partial charge on any atom is 0.221 e. The Morgan fingerprint density at radius 2 is 1.91 bits per heavy atom. The van der Waals surface area contributed by atoms with Crippen molar-refractivity contribution >= 4 is 34.1 Å². The van der Waals surface area contributed by atoms with E-state index in [1.807, 2.05) is 24.3 Å². The summed E-state index contributed by atoms with van der Waals surface area (Å²) in [5, 5.41) is 13.3. The highest BCUT2D eigenvalue weighted by atomic mass is 32.2. The lowest BCUT2D eigenvalue weighted by Crippen LogP contribution is -2.05. The molecule has 0 fully saturated rings. The lowest BCUT2D eigenvalue weighted by atomic mass is 10.0. The zero-order chi connectivity index (χ0) is 15.5. The number of carbonyl (C=O) groups is 1. The van der Waals surface area contributed by atoms with Crippen LogP contribution in [-0.2, 0) is 4.79 Å². The number of hydrogen-bond acceptors (Lipinski definition) is 4. The molecule has 0 bridgehead atoms. The number of thioether (sulfide) groups is 1. The predicted octanol–water partition coefficient (Wildman–Crippen LogP) is 3.98. The highest BCUT2D eigenvalue weighted by Gasteiger charge is 2.07. The average Bonchev–Trinajstić information content (AvgIpc) is 2.54. The first-order chi connectivity index (χ1) is 10.7. The molecule has 22 heavy (non-hydrogen) atoms. The number of nitrogens with one attached hydrogen (secondary N) is 1. The number of fused-ring (bicyclic) bond motifs is 1. The molecule has 0 unspecified atom stereocenters. The van der Waals surface area contributed by atoms with E-state index in [1.165, 1.54) is 11.8 Å². The maximum absolute atomic E-state index is 11.1. The maximum atomic E-state index is 11.1. The molecule has 4 nitrogen and oxygen atoms in total. The molecule has 0 spiro atoms. The van der Waals surface area contributed by atoms with Gasteiger partial charge in [0.05, 0.1) is 6.20 Å². The second-order valence-corrected chi connectivity index (χ2v) is 5.78. The normalized spacial score (nSPS) is 10.6. The van der Waals surface area contributed by atoms with Crippen LogP contribution in [-0.4, -0.2) is 22.4 Å². The molecule has 5 heteroatoms. The van der Waals surface area contributed by atoms with Gasteiger partial charge in [0.2, 0.25) is 5.91 Å². The van der Waals surface area contributed by atoms with Crippen molar-refractivity contribution in [3.63, 3.8) is 0 Å². The molecular weight excluding hydrogens is 294 g/mol. The summed E-state index contributed by atoms with van der Waals surface area (Å²) in [5.74, 6) is -0.0812. The number of amides is 1.